The van der Waals surface area contributed by atoms with Gasteiger partial charge in [0, 0.05) is 25.7 Å². The van der Waals surface area contributed by atoms with Crippen molar-refractivity contribution in [3.05, 3.63) is 29.8 Å². The van der Waals surface area contributed by atoms with Crippen molar-refractivity contribution < 1.29 is 4.74 Å². The fourth-order valence-corrected chi connectivity index (χ4v) is 1.66. The van der Waals surface area contributed by atoms with Crippen LogP contribution in [0, 0.1) is 0 Å². The fraction of sp³-hybridized carbons (Fsp3) is 0.455. The van der Waals surface area contributed by atoms with Crippen LogP contribution in [-0.4, -0.2) is 26.7 Å². The van der Waals surface area contributed by atoms with E-state index >= 15 is 0 Å². The predicted octanol–water partition coefficient (Wildman–Crippen LogP) is 0.944. The number of hydrogen-bond acceptors (Lipinski definition) is 2. The summed E-state index contributed by atoms with van der Waals surface area (Å²) < 4.78 is 5.11. The molecule has 1 heterocycles. The van der Waals surface area contributed by atoms with Crippen LogP contribution in [-0.2, 0) is 0 Å². The number of ether oxygens (including phenoxy) is 1. The lowest BCUT2D eigenvalue weighted by Crippen LogP contribution is -2.38. The summed E-state index contributed by atoms with van der Waals surface area (Å²) in [4.78, 5) is 0. The van der Waals surface area contributed by atoms with Gasteiger partial charge in [0.1, 0.15) is 5.75 Å². The van der Waals surface area contributed by atoms with Gasteiger partial charge in [-0.15, -0.1) is 0 Å². The highest BCUT2D eigenvalue weighted by Crippen LogP contribution is 2.18. The lowest BCUT2D eigenvalue weighted by Gasteiger charge is -2.23. The van der Waals surface area contributed by atoms with Crippen LogP contribution in [0.4, 0.5) is 0 Å². The fourth-order valence-electron chi connectivity index (χ4n) is 1.66. The van der Waals surface area contributed by atoms with Gasteiger partial charge >= 0.3 is 0 Å². The smallest absolute Gasteiger partial charge is 0.118 e. The monoisotopic (exact) mass is 191 g/mol. The molecule has 14 heavy (non-hydrogen) atoms. The van der Waals surface area contributed by atoms with Crippen LogP contribution in [0.1, 0.15) is 11.6 Å². The average Bonchev–Trinajstić information content (AvgIpc) is 2.30. The minimum Gasteiger partial charge on any atom is -0.497 e. The van der Waals surface area contributed by atoms with E-state index in [0.717, 1.165) is 25.4 Å². The topological polar surface area (TPSA) is 35.4 Å². The standard InChI is InChI=1S/C11H15N2O/c1-14-10-4-2-9(3-5-10)11-8-12-6-7-13-11/h2-5,11,13H,6-8H2,1H3. The number of rotatable bonds is 2. The summed E-state index contributed by atoms with van der Waals surface area (Å²) in [6, 6.07) is 8.56. The van der Waals surface area contributed by atoms with Gasteiger partial charge < -0.3 is 10.1 Å². The molecule has 75 valence electrons. The largest absolute Gasteiger partial charge is 0.497 e. The Morgan fingerprint density at radius 3 is 2.71 bits per heavy atom. The van der Waals surface area contributed by atoms with Gasteiger partial charge in [0.05, 0.1) is 7.11 Å². The Kier molecular flexibility index (Phi) is 3.01. The second kappa shape index (κ2) is 4.44. The van der Waals surface area contributed by atoms with Crippen molar-refractivity contribution in [2.75, 3.05) is 26.7 Å². The lowest BCUT2D eigenvalue weighted by molar-refractivity contribution is 0.411. The van der Waals surface area contributed by atoms with Crippen molar-refractivity contribution in [3.8, 4) is 5.75 Å². The van der Waals surface area contributed by atoms with Crippen LogP contribution in [0.5, 0.6) is 5.75 Å². The Bertz CT molecular complexity index is 278. The van der Waals surface area contributed by atoms with E-state index in [9.17, 15) is 0 Å². The van der Waals surface area contributed by atoms with Crippen LogP contribution < -0.4 is 15.4 Å². The highest BCUT2D eigenvalue weighted by atomic mass is 16.5. The van der Waals surface area contributed by atoms with Crippen LogP contribution in [0.15, 0.2) is 24.3 Å². The van der Waals surface area contributed by atoms with Gasteiger partial charge in [0.25, 0.3) is 0 Å². The maximum absolute atomic E-state index is 5.11. The Balaban J connectivity index is 2.07. The molecule has 0 saturated carbocycles. The van der Waals surface area contributed by atoms with Crippen molar-refractivity contribution in [1.82, 2.24) is 10.6 Å². The molecule has 1 fully saturated rings. The van der Waals surface area contributed by atoms with E-state index in [0.29, 0.717) is 6.04 Å². The molecule has 1 N–H and O–H groups in total. The van der Waals surface area contributed by atoms with Gasteiger partial charge in [-0.05, 0) is 17.7 Å². The molecular weight excluding hydrogens is 176 g/mol. The molecule has 2 rings (SSSR count). The first kappa shape index (κ1) is 9.49. The summed E-state index contributed by atoms with van der Waals surface area (Å²) in [5.41, 5.74) is 1.29. The van der Waals surface area contributed by atoms with Crippen molar-refractivity contribution in [3.63, 3.8) is 0 Å². The first-order chi connectivity index (χ1) is 6.90. The summed E-state index contributed by atoms with van der Waals surface area (Å²) in [6.07, 6.45) is 0. The number of hydrogen-bond donors (Lipinski definition) is 1. The minimum atomic E-state index is 0.384. The van der Waals surface area contributed by atoms with Crippen LogP contribution >= 0.6 is 0 Å². The van der Waals surface area contributed by atoms with E-state index in [1.165, 1.54) is 5.56 Å². The molecule has 1 atom stereocenters. The molecule has 1 aliphatic heterocycles. The van der Waals surface area contributed by atoms with E-state index in [2.05, 4.69) is 22.8 Å². The quantitative estimate of drug-likeness (QED) is 0.755. The van der Waals surface area contributed by atoms with Crippen molar-refractivity contribution >= 4 is 0 Å². The van der Waals surface area contributed by atoms with Crippen molar-refractivity contribution in [1.29, 1.82) is 0 Å². The first-order valence-corrected chi connectivity index (χ1v) is 4.91. The zero-order valence-electron chi connectivity index (χ0n) is 8.36. The molecule has 1 radical (unpaired) electrons. The SMILES string of the molecule is COc1ccc(C2C[N]CCN2)cc1. The Morgan fingerprint density at radius 2 is 2.14 bits per heavy atom. The number of nitrogens with zero attached hydrogens (tertiary/aromatic N) is 1. The summed E-state index contributed by atoms with van der Waals surface area (Å²) in [6.45, 7) is 2.80. The van der Waals surface area contributed by atoms with Crippen molar-refractivity contribution in [2.45, 2.75) is 6.04 Å². The summed E-state index contributed by atoms with van der Waals surface area (Å²) in [5.74, 6) is 0.904. The predicted molar refractivity (Wildman–Crippen MR) is 55.6 cm³/mol. The molecule has 0 bridgehead atoms. The zero-order chi connectivity index (χ0) is 9.80. The molecule has 0 aliphatic carbocycles. The average molecular weight is 191 g/mol. The second-order valence-corrected chi connectivity index (χ2v) is 3.41. The maximum atomic E-state index is 5.11. The van der Waals surface area contributed by atoms with Crippen molar-refractivity contribution in [2.24, 2.45) is 0 Å². The Labute approximate surface area is 84.5 Å². The third-order valence-electron chi connectivity index (χ3n) is 2.49. The molecule has 3 heteroatoms. The van der Waals surface area contributed by atoms with E-state index in [1.54, 1.807) is 7.11 Å². The molecule has 0 aromatic heterocycles. The maximum Gasteiger partial charge on any atom is 0.118 e. The molecule has 1 aliphatic rings. The van der Waals surface area contributed by atoms with E-state index < -0.39 is 0 Å². The Hall–Kier alpha value is -1.06. The van der Waals surface area contributed by atoms with Crippen LogP contribution in [0.2, 0.25) is 0 Å². The molecule has 1 aromatic carbocycles. The molecular formula is C11H15N2O. The number of nitrogens with one attached hydrogen (secondary N) is 1. The van der Waals surface area contributed by atoms with Gasteiger partial charge in [-0.2, -0.15) is 0 Å². The van der Waals surface area contributed by atoms with Gasteiger partial charge in [0.15, 0.2) is 0 Å². The minimum absolute atomic E-state index is 0.384. The molecule has 0 spiro atoms. The molecule has 1 saturated heterocycles. The molecule has 3 nitrogen and oxygen atoms in total. The van der Waals surface area contributed by atoms with Gasteiger partial charge in [0.2, 0.25) is 0 Å². The number of benzene rings is 1. The molecule has 0 amide bonds. The Morgan fingerprint density at radius 1 is 1.36 bits per heavy atom. The van der Waals surface area contributed by atoms with Gasteiger partial charge in [-0.25, -0.2) is 5.32 Å². The van der Waals surface area contributed by atoms with E-state index in [-0.39, 0.29) is 0 Å². The van der Waals surface area contributed by atoms with Crippen LogP contribution in [0.3, 0.4) is 0 Å². The summed E-state index contributed by atoms with van der Waals surface area (Å²) in [7, 11) is 1.68. The number of methoxy groups -OCH3 is 1. The first-order valence-electron chi connectivity index (χ1n) is 4.91. The normalized spacial score (nSPS) is 21.9. The second-order valence-electron chi connectivity index (χ2n) is 3.41. The summed E-state index contributed by atoms with van der Waals surface area (Å²) in [5, 5.41) is 7.82. The molecule has 1 aromatic rings. The third kappa shape index (κ3) is 2.05. The van der Waals surface area contributed by atoms with Gasteiger partial charge in [-0.1, -0.05) is 12.1 Å². The highest BCUT2D eigenvalue weighted by Gasteiger charge is 2.14. The zero-order valence-corrected chi connectivity index (χ0v) is 8.36. The van der Waals surface area contributed by atoms with Crippen LogP contribution in [0.25, 0.3) is 0 Å². The summed E-state index contributed by atoms with van der Waals surface area (Å²) >= 11 is 0. The number of piperazine rings is 1. The molecule has 1 unspecified atom stereocenters. The van der Waals surface area contributed by atoms with E-state index in [4.69, 9.17) is 4.74 Å². The highest BCUT2D eigenvalue weighted by molar-refractivity contribution is 5.29. The lowest BCUT2D eigenvalue weighted by atomic mass is 10.1. The third-order valence-corrected chi connectivity index (χ3v) is 2.49. The van der Waals surface area contributed by atoms with E-state index in [1.807, 2.05) is 12.1 Å². The van der Waals surface area contributed by atoms with Gasteiger partial charge in [-0.3, -0.25) is 0 Å².